The number of hydrogen-bond acceptors (Lipinski definition) is 12. The molecule has 20 heteroatoms. The molecule has 6 rings (SSSR count). The molecular weight excluding hydrogens is 987 g/mol. The molecule has 2 aromatic heterocycles. The molecule has 2 saturated carbocycles. The first kappa shape index (κ1) is 59.2. The Morgan fingerprint density at radius 2 is 0.919 bits per heavy atom. The lowest BCUT2D eigenvalue weighted by molar-refractivity contribution is -0.131. The second kappa shape index (κ2) is 28.3. The Kier molecular flexibility index (Phi) is 22.6. The van der Waals surface area contributed by atoms with Crippen molar-refractivity contribution in [3.8, 4) is 0 Å². The Bertz CT molecular complexity index is 2350. The number of nitrogens with one attached hydrogen (secondary N) is 4. The van der Waals surface area contributed by atoms with Crippen molar-refractivity contribution in [3.05, 3.63) is 92.4 Å². The lowest BCUT2D eigenvalue weighted by atomic mass is 9.80. The third-order valence-corrected chi connectivity index (χ3v) is 16.6. The van der Waals surface area contributed by atoms with Crippen LogP contribution in [-0.2, 0) is 22.4 Å². The molecule has 74 heavy (non-hydrogen) atoms. The monoisotopic (exact) mass is 1060 g/mol. The summed E-state index contributed by atoms with van der Waals surface area (Å²) in [5.41, 5.74) is 3.44. The summed E-state index contributed by atoms with van der Waals surface area (Å²) < 4.78 is 26.3. The Hall–Kier alpha value is -5.70. The van der Waals surface area contributed by atoms with E-state index in [-0.39, 0.29) is 83.1 Å². The molecule has 404 valence electrons. The van der Waals surface area contributed by atoms with Gasteiger partial charge in [-0.15, -0.1) is 0 Å². The number of amides is 6. The van der Waals surface area contributed by atoms with Crippen LogP contribution in [0.2, 0.25) is 0 Å². The lowest BCUT2D eigenvalue weighted by Crippen LogP contribution is -2.52. The number of halogens is 2. The zero-order valence-electron chi connectivity index (χ0n) is 44.7. The fourth-order valence-electron chi connectivity index (χ4n) is 10.0. The standard InChI is InChI=1S/2C27H38FN5O3S/c2*1-17-25(18(2)34)37-27(29-17)31-26(36)30-24-13-12-23(33(5)19(3)35)15-21(24)16-32(4)14-6-7-20-8-10-22(28)11-9-20/h2*8-11,21,23-24H,6-7,12-16H2,1-5H3,(H2,29,30,31,36)/t21-,23+,24+;21-,23-,24+/m00/s1. The second-order valence-corrected chi connectivity index (χ2v) is 22.1. The summed E-state index contributed by atoms with van der Waals surface area (Å²) in [6.07, 6.45) is 8.36. The maximum absolute atomic E-state index is 13.2. The molecule has 4 aromatic rings. The summed E-state index contributed by atoms with van der Waals surface area (Å²) in [7, 11) is 7.83. The number of carbonyl (C=O) groups is 6. The molecule has 0 saturated heterocycles. The summed E-state index contributed by atoms with van der Waals surface area (Å²) in [4.78, 5) is 90.9. The van der Waals surface area contributed by atoms with E-state index in [2.05, 4.69) is 55.1 Å². The molecule has 6 amide bonds. The van der Waals surface area contributed by atoms with Gasteiger partial charge in [-0.2, -0.15) is 0 Å². The molecule has 16 nitrogen and oxygen atoms in total. The molecule has 6 atom stereocenters. The van der Waals surface area contributed by atoms with E-state index in [0.717, 1.165) is 102 Å². The van der Waals surface area contributed by atoms with Crippen LogP contribution < -0.4 is 21.3 Å². The van der Waals surface area contributed by atoms with E-state index in [1.54, 1.807) is 37.5 Å². The van der Waals surface area contributed by atoms with E-state index in [4.69, 9.17) is 0 Å². The van der Waals surface area contributed by atoms with Crippen LogP contribution in [0.1, 0.15) is 121 Å². The zero-order chi connectivity index (χ0) is 54.2. The first-order chi connectivity index (χ1) is 35.1. The summed E-state index contributed by atoms with van der Waals surface area (Å²) >= 11 is 2.36. The van der Waals surface area contributed by atoms with Gasteiger partial charge in [0.15, 0.2) is 21.8 Å². The smallest absolute Gasteiger partial charge is 0.321 e. The fraction of sp³-hybridized carbons (Fsp3) is 0.556. The average Bonchev–Trinajstić information content (AvgIpc) is 3.91. The van der Waals surface area contributed by atoms with Gasteiger partial charge in [-0.1, -0.05) is 46.9 Å². The number of thiazole rings is 2. The van der Waals surface area contributed by atoms with Gasteiger partial charge >= 0.3 is 12.1 Å². The number of nitrogens with zero attached hydrogens (tertiary/aromatic N) is 6. The predicted molar refractivity (Wildman–Crippen MR) is 289 cm³/mol. The second-order valence-electron chi connectivity index (χ2n) is 20.1. The van der Waals surface area contributed by atoms with Crippen molar-refractivity contribution >= 4 is 68.4 Å². The molecule has 2 fully saturated rings. The lowest BCUT2D eigenvalue weighted by Gasteiger charge is -2.41. The highest BCUT2D eigenvalue weighted by Gasteiger charge is 2.36. The highest BCUT2D eigenvalue weighted by atomic mass is 32.1. The molecule has 2 aromatic carbocycles. The third kappa shape index (κ3) is 18.3. The van der Waals surface area contributed by atoms with Gasteiger partial charge in [0.2, 0.25) is 11.8 Å². The van der Waals surface area contributed by atoms with E-state index in [1.165, 1.54) is 60.8 Å². The minimum absolute atomic E-state index is 0.0426. The summed E-state index contributed by atoms with van der Waals surface area (Å²) in [5.74, 6) is -0.189. The Morgan fingerprint density at radius 1 is 0.568 bits per heavy atom. The molecule has 2 heterocycles. The van der Waals surface area contributed by atoms with Crippen LogP contribution in [0.3, 0.4) is 0 Å². The SMILES string of the molecule is CC(=O)c1sc(NC(=O)N[C@@H]2CC[C@@H](N(C)C(C)=O)C[C@H]2CN(C)CCCc2ccc(F)cc2)nc1C.CC(=O)c1sc(NC(=O)N[C@@H]2CC[C@H](N(C)C(C)=O)C[C@H]2CN(C)CCCc2ccc(F)cc2)nc1C. The minimum Gasteiger partial charge on any atom is -0.343 e. The molecule has 0 aliphatic heterocycles. The van der Waals surface area contributed by atoms with E-state index in [9.17, 15) is 37.5 Å². The topological polar surface area (TPSA) is 189 Å². The number of Topliss-reactive ketones (excluding diaryl/α,β-unsaturated/α-hetero) is 2. The molecular formula is C54H76F2N10O6S2. The molecule has 0 unspecified atom stereocenters. The zero-order valence-corrected chi connectivity index (χ0v) is 46.3. The van der Waals surface area contributed by atoms with Crippen LogP contribution in [0, 0.1) is 37.3 Å². The fourth-order valence-corrected chi connectivity index (χ4v) is 11.7. The molecule has 4 N–H and O–H groups in total. The van der Waals surface area contributed by atoms with E-state index < -0.39 is 0 Å². The van der Waals surface area contributed by atoms with Gasteiger partial charge in [-0.05, 0) is 152 Å². The van der Waals surface area contributed by atoms with Gasteiger partial charge in [0, 0.05) is 79.0 Å². The third-order valence-electron chi connectivity index (χ3n) is 14.2. The van der Waals surface area contributed by atoms with Crippen molar-refractivity contribution in [2.24, 2.45) is 11.8 Å². The summed E-state index contributed by atoms with van der Waals surface area (Å²) in [6.45, 7) is 12.9. The normalized spacial score (nSPS) is 19.5. The van der Waals surface area contributed by atoms with Crippen molar-refractivity contribution < 1.29 is 37.5 Å². The first-order valence-electron chi connectivity index (χ1n) is 25.5. The van der Waals surface area contributed by atoms with Gasteiger partial charge in [0.05, 0.1) is 21.1 Å². The number of benzene rings is 2. The highest BCUT2D eigenvalue weighted by molar-refractivity contribution is 7.18. The number of anilines is 2. The van der Waals surface area contributed by atoms with Crippen molar-refractivity contribution in [1.82, 2.24) is 40.2 Å². The summed E-state index contributed by atoms with van der Waals surface area (Å²) in [5, 5.41) is 12.6. The minimum atomic E-state index is -0.337. The van der Waals surface area contributed by atoms with Crippen molar-refractivity contribution in [2.75, 3.05) is 65.0 Å². The molecule has 2 aliphatic carbocycles. The number of carbonyl (C=O) groups excluding carboxylic acids is 6. The van der Waals surface area contributed by atoms with E-state index in [1.807, 2.05) is 38.4 Å². The van der Waals surface area contributed by atoms with Gasteiger partial charge in [-0.3, -0.25) is 29.8 Å². The van der Waals surface area contributed by atoms with Gasteiger partial charge < -0.3 is 30.2 Å². The van der Waals surface area contributed by atoms with Gasteiger partial charge in [0.25, 0.3) is 0 Å². The van der Waals surface area contributed by atoms with Crippen molar-refractivity contribution in [2.45, 2.75) is 130 Å². The number of aryl methyl sites for hydroxylation is 4. The number of rotatable bonds is 20. The number of ketones is 2. The number of hydrogen-bond donors (Lipinski definition) is 4. The largest absolute Gasteiger partial charge is 0.343 e. The Labute approximate surface area is 443 Å². The van der Waals surface area contributed by atoms with Gasteiger partial charge in [0.1, 0.15) is 11.6 Å². The van der Waals surface area contributed by atoms with E-state index >= 15 is 0 Å². The highest BCUT2D eigenvalue weighted by Crippen LogP contribution is 2.31. The maximum atomic E-state index is 13.2. The summed E-state index contributed by atoms with van der Waals surface area (Å²) in [6, 6.07) is 12.7. The van der Waals surface area contributed by atoms with Crippen LogP contribution in [0.25, 0.3) is 0 Å². The van der Waals surface area contributed by atoms with Crippen molar-refractivity contribution in [3.63, 3.8) is 0 Å². The molecule has 0 spiro atoms. The first-order valence-corrected chi connectivity index (χ1v) is 27.1. The van der Waals surface area contributed by atoms with Gasteiger partial charge in [-0.25, -0.2) is 28.3 Å². The quantitative estimate of drug-likeness (QED) is 0.0622. The maximum Gasteiger partial charge on any atom is 0.321 e. The number of aromatic nitrogens is 2. The Balaban J connectivity index is 0.000000274. The average molecular weight is 1060 g/mol. The van der Waals surface area contributed by atoms with Crippen LogP contribution >= 0.6 is 22.7 Å². The van der Waals surface area contributed by atoms with Crippen LogP contribution in [-0.4, -0.2) is 144 Å². The van der Waals surface area contributed by atoms with Crippen LogP contribution in [0.5, 0.6) is 0 Å². The van der Waals surface area contributed by atoms with Crippen LogP contribution in [0.4, 0.5) is 28.6 Å². The van der Waals surface area contributed by atoms with E-state index in [0.29, 0.717) is 31.4 Å². The molecule has 0 radical (unpaired) electrons. The predicted octanol–water partition coefficient (Wildman–Crippen LogP) is 8.99. The number of urea groups is 2. The molecule has 2 aliphatic rings. The molecule has 0 bridgehead atoms. The Morgan fingerprint density at radius 3 is 1.23 bits per heavy atom. The van der Waals surface area contributed by atoms with Crippen molar-refractivity contribution in [1.29, 1.82) is 0 Å². The van der Waals surface area contributed by atoms with Crippen LogP contribution in [0.15, 0.2) is 48.5 Å².